The van der Waals surface area contributed by atoms with E-state index < -0.39 is 0 Å². The quantitative estimate of drug-likeness (QED) is 0.379. The van der Waals surface area contributed by atoms with Gasteiger partial charge in [-0.15, -0.1) is 11.3 Å². The number of para-hydroxylation sites is 1. The van der Waals surface area contributed by atoms with Crippen LogP contribution in [-0.2, 0) is 0 Å². The van der Waals surface area contributed by atoms with Gasteiger partial charge in [0.05, 0.1) is 4.88 Å². The molecule has 0 bridgehead atoms. The number of Topliss-reactive ketones (excluding diaryl/α,β-unsaturated/α-hetero) is 1. The topological polar surface area (TPSA) is 23.6 Å². The van der Waals surface area contributed by atoms with Crippen LogP contribution in [0.2, 0.25) is 0 Å². The van der Waals surface area contributed by atoms with Crippen LogP contribution in [0.5, 0.6) is 0 Å². The van der Waals surface area contributed by atoms with E-state index in [4.69, 9.17) is 0 Å². The van der Waals surface area contributed by atoms with Gasteiger partial charge in [-0.1, -0.05) is 36.4 Å². The maximum atomic E-state index is 13.3. The molecule has 0 aliphatic carbocycles. The zero-order valence-corrected chi connectivity index (χ0v) is 17.7. The fourth-order valence-electron chi connectivity index (χ4n) is 3.72. The summed E-state index contributed by atoms with van der Waals surface area (Å²) in [4.78, 5) is 18.6. The molecule has 1 aliphatic rings. The number of halogens is 1. The Morgan fingerprint density at radius 2 is 1.67 bits per heavy atom. The summed E-state index contributed by atoms with van der Waals surface area (Å²) in [5, 5.41) is 1.92. The molecule has 0 N–H and O–H groups in total. The number of anilines is 1. The Labute approximate surface area is 181 Å². The first-order valence-corrected chi connectivity index (χ1v) is 11.1. The second-order valence-corrected chi connectivity index (χ2v) is 8.39. The predicted octanol–water partition coefficient (Wildman–Crippen LogP) is 5.37. The SMILES string of the molecule is O=C(/C(=C/c1ccc(F)cc1)CCN1CCN(c2ccccc2)CC1)c1cccs1. The van der Waals surface area contributed by atoms with E-state index in [0.717, 1.165) is 48.7 Å². The van der Waals surface area contributed by atoms with Gasteiger partial charge in [-0.05, 0) is 53.8 Å². The van der Waals surface area contributed by atoms with Gasteiger partial charge in [-0.3, -0.25) is 9.69 Å². The summed E-state index contributed by atoms with van der Waals surface area (Å²) >= 11 is 1.46. The van der Waals surface area contributed by atoms with Gasteiger partial charge in [-0.25, -0.2) is 4.39 Å². The third-order valence-corrected chi connectivity index (χ3v) is 6.31. The Morgan fingerprint density at radius 3 is 2.33 bits per heavy atom. The highest BCUT2D eigenvalue weighted by Crippen LogP contribution is 2.21. The van der Waals surface area contributed by atoms with Crippen molar-refractivity contribution in [3.05, 3.63) is 93.9 Å². The highest BCUT2D eigenvalue weighted by molar-refractivity contribution is 7.12. The lowest BCUT2D eigenvalue weighted by Gasteiger charge is -2.36. The van der Waals surface area contributed by atoms with Crippen LogP contribution in [0.3, 0.4) is 0 Å². The van der Waals surface area contributed by atoms with Gasteiger partial charge >= 0.3 is 0 Å². The summed E-state index contributed by atoms with van der Waals surface area (Å²) in [6.45, 7) is 4.77. The van der Waals surface area contributed by atoms with Gasteiger partial charge < -0.3 is 4.90 Å². The van der Waals surface area contributed by atoms with Crippen molar-refractivity contribution in [2.24, 2.45) is 0 Å². The predicted molar refractivity (Wildman–Crippen MR) is 123 cm³/mol. The molecular weight excluding hydrogens is 395 g/mol. The van der Waals surface area contributed by atoms with Crippen LogP contribution in [0.25, 0.3) is 6.08 Å². The van der Waals surface area contributed by atoms with E-state index in [1.807, 2.05) is 29.7 Å². The first-order valence-electron chi connectivity index (χ1n) is 10.3. The minimum atomic E-state index is -0.269. The van der Waals surface area contributed by atoms with Gasteiger partial charge in [0, 0.05) is 44.0 Å². The largest absolute Gasteiger partial charge is 0.369 e. The molecule has 1 aliphatic heterocycles. The molecule has 4 rings (SSSR count). The summed E-state index contributed by atoms with van der Waals surface area (Å²) < 4.78 is 13.3. The second-order valence-electron chi connectivity index (χ2n) is 7.44. The minimum Gasteiger partial charge on any atom is -0.369 e. The van der Waals surface area contributed by atoms with Crippen LogP contribution < -0.4 is 4.90 Å². The molecule has 154 valence electrons. The Kier molecular flexibility index (Phi) is 6.72. The number of carbonyl (C=O) groups is 1. The first kappa shape index (κ1) is 20.5. The molecule has 1 saturated heterocycles. The minimum absolute atomic E-state index is 0.0669. The van der Waals surface area contributed by atoms with Gasteiger partial charge in [0.2, 0.25) is 0 Å². The van der Waals surface area contributed by atoms with Crippen molar-refractivity contribution < 1.29 is 9.18 Å². The smallest absolute Gasteiger partial charge is 0.198 e. The summed E-state index contributed by atoms with van der Waals surface area (Å²) in [5.74, 6) is -0.202. The molecule has 0 amide bonds. The van der Waals surface area contributed by atoms with Gasteiger partial charge in [0.15, 0.2) is 5.78 Å². The maximum absolute atomic E-state index is 13.3. The summed E-state index contributed by atoms with van der Waals surface area (Å²) in [6.07, 6.45) is 2.58. The fourth-order valence-corrected chi connectivity index (χ4v) is 4.42. The van der Waals surface area contributed by atoms with E-state index >= 15 is 0 Å². The number of carbonyl (C=O) groups excluding carboxylic acids is 1. The Morgan fingerprint density at radius 1 is 0.933 bits per heavy atom. The molecule has 5 heteroatoms. The summed E-state index contributed by atoms with van der Waals surface area (Å²) in [7, 11) is 0. The second kappa shape index (κ2) is 9.83. The maximum Gasteiger partial charge on any atom is 0.198 e. The third-order valence-electron chi connectivity index (χ3n) is 5.44. The number of hydrogen-bond donors (Lipinski definition) is 0. The number of hydrogen-bond acceptors (Lipinski definition) is 4. The standard InChI is InChI=1S/C25H25FN2OS/c26-22-10-8-20(9-11-22)19-21(25(29)24-7-4-18-30-24)12-13-27-14-16-28(17-15-27)23-5-2-1-3-6-23/h1-11,18-19H,12-17H2/b21-19+. The van der Waals surface area contributed by atoms with E-state index in [0.29, 0.717) is 6.42 Å². The number of nitrogens with zero attached hydrogens (tertiary/aromatic N) is 2. The van der Waals surface area contributed by atoms with Crippen LogP contribution in [0, 0.1) is 5.82 Å². The van der Waals surface area contributed by atoms with Crippen LogP contribution in [0.1, 0.15) is 21.7 Å². The van der Waals surface area contributed by atoms with Crippen LogP contribution in [0.4, 0.5) is 10.1 Å². The molecule has 1 aromatic heterocycles. The first-order chi connectivity index (χ1) is 14.7. The van der Waals surface area contributed by atoms with Crippen molar-refractivity contribution in [1.82, 2.24) is 4.90 Å². The van der Waals surface area contributed by atoms with Crippen molar-refractivity contribution in [1.29, 1.82) is 0 Å². The monoisotopic (exact) mass is 420 g/mol. The highest BCUT2D eigenvalue weighted by atomic mass is 32.1. The molecule has 0 saturated carbocycles. The molecule has 0 radical (unpaired) electrons. The molecule has 2 heterocycles. The number of thiophene rings is 1. The zero-order valence-electron chi connectivity index (χ0n) is 16.8. The Hall–Kier alpha value is -2.76. The van der Waals surface area contributed by atoms with Crippen molar-refractivity contribution >= 4 is 28.9 Å². The molecule has 2 aromatic carbocycles. The summed E-state index contributed by atoms with van der Waals surface area (Å²) in [5.41, 5.74) is 2.89. The lowest BCUT2D eigenvalue weighted by Crippen LogP contribution is -2.46. The number of piperazine rings is 1. The average Bonchev–Trinajstić information content (AvgIpc) is 3.33. The molecule has 0 unspecified atom stereocenters. The van der Waals surface area contributed by atoms with E-state index in [2.05, 4.69) is 34.1 Å². The van der Waals surface area contributed by atoms with E-state index in [1.165, 1.54) is 29.2 Å². The van der Waals surface area contributed by atoms with Crippen molar-refractivity contribution in [3.63, 3.8) is 0 Å². The van der Waals surface area contributed by atoms with Gasteiger partial charge in [0.1, 0.15) is 5.82 Å². The van der Waals surface area contributed by atoms with Crippen molar-refractivity contribution in [2.45, 2.75) is 6.42 Å². The molecule has 0 spiro atoms. The highest BCUT2D eigenvalue weighted by Gasteiger charge is 2.19. The van der Waals surface area contributed by atoms with Gasteiger partial charge in [0.25, 0.3) is 0 Å². The Balaban J connectivity index is 1.41. The molecule has 30 heavy (non-hydrogen) atoms. The molecule has 0 atom stereocenters. The van der Waals surface area contributed by atoms with E-state index in [9.17, 15) is 9.18 Å². The molecular formula is C25H25FN2OS. The molecule has 3 nitrogen and oxygen atoms in total. The van der Waals surface area contributed by atoms with Crippen molar-refractivity contribution in [2.75, 3.05) is 37.6 Å². The zero-order chi connectivity index (χ0) is 20.8. The van der Waals surface area contributed by atoms with Crippen LogP contribution in [-0.4, -0.2) is 43.4 Å². The number of rotatable bonds is 7. The Bertz CT molecular complexity index is 976. The number of ketones is 1. The third kappa shape index (κ3) is 5.23. The van der Waals surface area contributed by atoms with Crippen LogP contribution >= 0.6 is 11.3 Å². The van der Waals surface area contributed by atoms with E-state index in [1.54, 1.807) is 12.1 Å². The van der Waals surface area contributed by atoms with E-state index in [-0.39, 0.29) is 11.6 Å². The molecule has 3 aromatic rings. The van der Waals surface area contributed by atoms with Crippen molar-refractivity contribution in [3.8, 4) is 0 Å². The van der Waals surface area contributed by atoms with Crippen LogP contribution in [0.15, 0.2) is 77.7 Å². The lowest BCUT2D eigenvalue weighted by atomic mass is 10.0. The normalized spacial score (nSPS) is 15.4. The lowest BCUT2D eigenvalue weighted by molar-refractivity contribution is 0.103. The summed E-state index contributed by atoms with van der Waals surface area (Å²) in [6, 6.07) is 20.6. The average molecular weight is 421 g/mol. The fraction of sp³-hybridized carbons (Fsp3) is 0.240. The number of benzene rings is 2. The molecule has 1 fully saturated rings. The van der Waals surface area contributed by atoms with Gasteiger partial charge in [-0.2, -0.15) is 0 Å².